The van der Waals surface area contributed by atoms with E-state index in [2.05, 4.69) is 32.0 Å². The second-order valence-corrected chi connectivity index (χ2v) is 3.19. The van der Waals surface area contributed by atoms with Gasteiger partial charge in [-0.15, -0.1) is 0 Å². The minimum atomic E-state index is 0.650. The molecule has 0 radical (unpaired) electrons. The maximum absolute atomic E-state index is 3.95. The summed E-state index contributed by atoms with van der Waals surface area (Å²) in [6, 6.07) is 0. The van der Waals surface area contributed by atoms with Crippen molar-refractivity contribution in [1.29, 1.82) is 0 Å². The van der Waals surface area contributed by atoms with Gasteiger partial charge in [-0.05, 0) is 13.3 Å². The second-order valence-electron chi connectivity index (χ2n) is 3.19. The van der Waals surface area contributed by atoms with Crippen molar-refractivity contribution in [3.63, 3.8) is 0 Å². The predicted octanol–water partition coefficient (Wildman–Crippen LogP) is 2.03. The van der Waals surface area contributed by atoms with Gasteiger partial charge in [-0.25, -0.2) is 0 Å². The van der Waals surface area contributed by atoms with Crippen LogP contribution in [0.15, 0.2) is 24.4 Å². The summed E-state index contributed by atoms with van der Waals surface area (Å²) in [5, 5.41) is 0. The minimum Gasteiger partial charge on any atom is -0.378 e. The SMILES string of the molecule is C=C(C)C1CC(=C)N(C)C1. The van der Waals surface area contributed by atoms with E-state index in [4.69, 9.17) is 0 Å². The lowest BCUT2D eigenvalue weighted by molar-refractivity contribution is 0.455. The highest BCUT2D eigenvalue weighted by Gasteiger charge is 2.22. The summed E-state index contributed by atoms with van der Waals surface area (Å²) in [7, 11) is 2.09. The van der Waals surface area contributed by atoms with E-state index in [9.17, 15) is 0 Å². The van der Waals surface area contributed by atoms with Crippen molar-refractivity contribution in [1.82, 2.24) is 4.90 Å². The average molecular weight is 137 g/mol. The highest BCUT2D eigenvalue weighted by Crippen LogP contribution is 2.27. The van der Waals surface area contributed by atoms with Crippen molar-refractivity contribution in [2.24, 2.45) is 5.92 Å². The van der Waals surface area contributed by atoms with E-state index in [1.165, 1.54) is 11.3 Å². The Morgan fingerprint density at radius 3 is 2.50 bits per heavy atom. The van der Waals surface area contributed by atoms with Gasteiger partial charge >= 0.3 is 0 Å². The van der Waals surface area contributed by atoms with Crippen molar-refractivity contribution in [2.75, 3.05) is 13.6 Å². The van der Waals surface area contributed by atoms with Crippen LogP contribution in [0.1, 0.15) is 13.3 Å². The lowest BCUT2D eigenvalue weighted by Crippen LogP contribution is -2.12. The fourth-order valence-corrected chi connectivity index (χ4v) is 1.29. The molecule has 1 aliphatic rings. The van der Waals surface area contributed by atoms with Gasteiger partial charge in [-0.2, -0.15) is 0 Å². The Morgan fingerprint density at radius 2 is 2.30 bits per heavy atom. The van der Waals surface area contributed by atoms with Crippen molar-refractivity contribution >= 4 is 0 Å². The Labute approximate surface area is 63.0 Å². The molecule has 1 aliphatic heterocycles. The van der Waals surface area contributed by atoms with Crippen LogP contribution in [-0.2, 0) is 0 Å². The molecule has 1 unspecified atom stereocenters. The Kier molecular flexibility index (Phi) is 1.84. The molecule has 1 fully saturated rings. The van der Waals surface area contributed by atoms with Gasteiger partial charge < -0.3 is 4.90 Å². The molecule has 1 atom stereocenters. The van der Waals surface area contributed by atoms with Crippen LogP contribution in [-0.4, -0.2) is 18.5 Å². The first-order chi connectivity index (χ1) is 4.61. The third kappa shape index (κ3) is 1.23. The van der Waals surface area contributed by atoms with Crippen LogP contribution in [0, 0.1) is 5.92 Å². The van der Waals surface area contributed by atoms with Gasteiger partial charge in [-0.3, -0.25) is 0 Å². The zero-order valence-corrected chi connectivity index (χ0v) is 6.85. The lowest BCUT2D eigenvalue weighted by atomic mass is 10.0. The standard InChI is InChI=1S/C9H15N/c1-7(2)9-5-8(3)10(4)6-9/h9H,1,3,5-6H2,2,4H3. The zero-order chi connectivity index (χ0) is 7.72. The molecule has 0 saturated carbocycles. The van der Waals surface area contributed by atoms with Crippen molar-refractivity contribution in [3.8, 4) is 0 Å². The summed E-state index contributed by atoms with van der Waals surface area (Å²) in [6.07, 6.45) is 1.10. The summed E-state index contributed by atoms with van der Waals surface area (Å²) < 4.78 is 0. The molecule has 0 N–H and O–H groups in total. The molecule has 0 aliphatic carbocycles. The molecule has 0 aromatic heterocycles. The molecular formula is C9H15N. The van der Waals surface area contributed by atoms with E-state index in [0.717, 1.165) is 13.0 Å². The van der Waals surface area contributed by atoms with Gasteiger partial charge in [0.15, 0.2) is 0 Å². The Hall–Kier alpha value is -0.720. The first kappa shape index (κ1) is 7.39. The highest BCUT2D eigenvalue weighted by atomic mass is 15.1. The first-order valence-corrected chi connectivity index (χ1v) is 3.65. The Morgan fingerprint density at radius 1 is 1.70 bits per heavy atom. The number of hydrogen-bond donors (Lipinski definition) is 0. The maximum Gasteiger partial charge on any atom is 0.0240 e. The number of hydrogen-bond acceptors (Lipinski definition) is 1. The smallest absolute Gasteiger partial charge is 0.0240 e. The van der Waals surface area contributed by atoms with E-state index in [0.29, 0.717) is 5.92 Å². The fourth-order valence-electron chi connectivity index (χ4n) is 1.29. The van der Waals surface area contributed by atoms with Gasteiger partial charge in [0.25, 0.3) is 0 Å². The van der Waals surface area contributed by atoms with Crippen molar-refractivity contribution < 1.29 is 0 Å². The summed E-state index contributed by atoms with van der Waals surface area (Å²) in [6.45, 7) is 11.1. The number of allylic oxidation sites excluding steroid dienone is 1. The Balaban J connectivity index is 2.57. The predicted molar refractivity (Wildman–Crippen MR) is 44.7 cm³/mol. The van der Waals surface area contributed by atoms with Crippen LogP contribution in [0.5, 0.6) is 0 Å². The first-order valence-electron chi connectivity index (χ1n) is 3.65. The molecule has 1 saturated heterocycles. The zero-order valence-electron chi connectivity index (χ0n) is 6.85. The summed E-state index contributed by atoms with van der Waals surface area (Å²) in [5.41, 5.74) is 2.53. The van der Waals surface area contributed by atoms with E-state index in [-0.39, 0.29) is 0 Å². The molecule has 0 aromatic rings. The molecule has 0 aromatic carbocycles. The van der Waals surface area contributed by atoms with Gasteiger partial charge in [0.05, 0.1) is 0 Å². The number of nitrogens with zero attached hydrogens (tertiary/aromatic N) is 1. The molecule has 0 amide bonds. The maximum atomic E-state index is 3.95. The highest BCUT2D eigenvalue weighted by molar-refractivity contribution is 5.11. The quantitative estimate of drug-likeness (QED) is 0.500. The molecule has 10 heavy (non-hydrogen) atoms. The summed E-state index contributed by atoms with van der Waals surface area (Å²) in [4.78, 5) is 2.21. The van der Waals surface area contributed by atoms with E-state index in [1.807, 2.05) is 0 Å². The van der Waals surface area contributed by atoms with E-state index in [1.54, 1.807) is 0 Å². The van der Waals surface area contributed by atoms with Crippen molar-refractivity contribution in [3.05, 3.63) is 24.4 Å². The van der Waals surface area contributed by atoms with Gasteiger partial charge in [-0.1, -0.05) is 18.7 Å². The number of rotatable bonds is 1. The van der Waals surface area contributed by atoms with E-state index < -0.39 is 0 Å². The second kappa shape index (κ2) is 2.49. The summed E-state index contributed by atoms with van der Waals surface area (Å²) in [5.74, 6) is 0.650. The largest absolute Gasteiger partial charge is 0.378 e. The Bertz CT molecular complexity index is 170. The van der Waals surface area contributed by atoms with Crippen LogP contribution in [0.3, 0.4) is 0 Å². The molecule has 1 heterocycles. The molecular weight excluding hydrogens is 122 g/mol. The number of likely N-dealkylation sites (tertiary alicyclic amines) is 1. The molecule has 1 nitrogen and oxygen atoms in total. The molecule has 0 spiro atoms. The lowest BCUT2D eigenvalue weighted by Gasteiger charge is -2.11. The van der Waals surface area contributed by atoms with Crippen LogP contribution in [0.2, 0.25) is 0 Å². The van der Waals surface area contributed by atoms with E-state index >= 15 is 0 Å². The third-order valence-corrected chi connectivity index (χ3v) is 2.21. The van der Waals surface area contributed by atoms with Crippen LogP contribution >= 0.6 is 0 Å². The third-order valence-electron chi connectivity index (χ3n) is 2.21. The minimum absolute atomic E-state index is 0.650. The van der Waals surface area contributed by atoms with Crippen LogP contribution < -0.4 is 0 Å². The topological polar surface area (TPSA) is 3.24 Å². The molecule has 56 valence electrons. The monoisotopic (exact) mass is 137 g/mol. The van der Waals surface area contributed by atoms with Gasteiger partial charge in [0, 0.05) is 25.2 Å². The molecule has 1 rings (SSSR count). The van der Waals surface area contributed by atoms with Crippen molar-refractivity contribution in [2.45, 2.75) is 13.3 Å². The van der Waals surface area contributed by atoms with Gasteiger partial charge in [0.1, 0.15) is 0 Å². The summed E-state index contributed by atoms with van der Waals surface area (Å²) >= 11 is 0. The fraction of sp³-hybridized carbons (Fsp3) is 0.556. The normalized spacial score (nSPS) is 25.6. The van der Waals surface area contributed by atoms with Crippen LogP contribution in [0.4, 0.5) is 0 Å². The van der Waals surface area contributed by atoms with Gasteiger partial charge in [0.2, 0.25) is 0 Å². The molecule has 1 heteroatoms. The van der Waals surface area contributed by atoms with Crippen LogP contribution in [0.25, 0.3) is 0 Å². The molecule has 0 bridgehead atoms. The average Bonchev–Trinajstić information content (AvgIpc) is 2.13.